The highest BCUT2D eigenvalue weighted by molar-refractivity contribution is 5.89. The van der Waals surface area contributed by atoms with Crippen molar-refractivity contribution in [2.45, 2.75) is 0 Å². The molecule has 0 saturated carbocycles. The third-order valence-electron chi connectivity index (χ3n) is 3.03. The molecule has 0 heterocycles. The number of ether oxygens (including phenoxy) is 1. The summed E-state index contributed by atoms with van der Waals surface area (Å²) in [6.07, 6.45) is 0. The first-order chi connectivity index (χ1) is 11.0. The van der Waals surface area contributed by atoms with Gasteiger partial charge in [0.1, 0.15) is 29.8 Å². The van der Waals surface area contributed by atoms with Gasteiger partial charge in [0, 0.05) is 13.1 Å². The molecule has 0 atom stereocenters. The molecule has 0 spiro atoms. The molecular formula is C16H15F3N2O2. The lowest BCUT2D eigenvalue weighted by Crippen LogP contribution is -2.34. The van der Waals surface area contributed by atoms with Crippen LogP contribution >= 0.6 is 0 Å². The van der Waals surface area contributed by atoms with Crippen LogP contribution in [0, 0.1) is 17.5 Å². The predicted molar refractivity (Wildman–Crippen MR) is 79.9 cm³/mol. The number of nitrogens with zero attached hydrogens (tertiary/aromatic N) is 1. The monoisotopic (exact) mass is 324 g/mol. The molecule has 0 aliphatic carbocycles. The van der Waals surface area contributed by atoms with Gasteiger partial charge in [-0.15, -0.1) is 0 Å². The summed E-state index contributed by atoms with van der Waals surface area (Å²) in [4.78, 5) is 13.2. The van der Waals surface area contributed by atoms with Crippen molar-refractivity contribution in [1.82, 2.24) is 4.90 Å². The lowest BCUT2D eigenvalue weighted by molar-refractivity contribution is 0.207. The molecule has 0 saturated heterocycles. The number of likely N-dealkylation sites (N-methyl/N-ethyl adjacent to an activating group) is 1. The zero-order valence-electron chi connectivity index (χ0n) is 12.4. The topological polar surface area (TPSA) is 41.6 Å². The van der Waals surface area contributed by atoms with Gasteiger partial charge in [-0.25, -0.2) is 18.0 Å². The number of hydrogen-bond donors (Lipinski definition) is 1. The Balaban J connectivity index is 1.81. The van der Waals surface area contributed by atoms with E-state index in [9.17, 15) is 18.0 Å². The van der Waals surface area contributed by atoms with Crippen LogP contribution in [0.1, 0.15) is 0 Å². The highest BCUT2D eigenvalue weighted by Crippen LogP contribution is 2.15. The second kappa shape index (κ2) is 7.53. The number of hydrogen-bond acceptors (Lipinski definition) is 2. The molecule has 0 unspecified atom stereocenters. The summed E-state index contributed by atoms with van der Waals surface area (Å²) in [6.45, 7) is 0.410. The van der Waals surface area contributed by atoms with E-state index < -0.39 is 17.7 Å². The number of anilines is 1. The third kappa shape index (κ3) is 4.91. The average molecular weight is 324 g/mol. The fraction of sp³-hybridized carbons (Fsp3) is 0.188. The maximum Gasteiger partial charge on any atom is 0.321 e. The van der Waals surface area contributed by atoms with Gasteiger partial charge in [0.15, 0.2) is 0 Å². The minimum Gasteiger partial charge on any atom is -0.492 e. The normalized spacial score (nSPS) is 10.3. The minimum absolute atomic E-state index is 0.109. The van der Waals surface area contributed by atoms with Crippen LogP contribution < -0.4 is 10.1 Å². The molecule has 2 amide bonds. The molecule has 122 valence electrons. The number of nitrogens with one attached hydrogen (secondary N) is 1. The predicted octanol–water partition coefficient (Wildman–Crippen LogP) is 3.65. The molecule has 1 N–H and O–H groups in total. The van der Waals surface area contributed by atoms with Gasteiger partial charge in [-0.1, -0.05) is 0 Å². The molecule has 4 nitrogen and oxygen atoms in total. The fourth-order valence-corrected chi connectivity index (χ4v) is 1.73. The minimum atomic E-state index is -0.852. The average Bonchev–Trinajstić information content (AvgIpc) is 2.51. The third-order valence-corrected chi connectivity index (χ3v) is 3.03. The molecule has 2 aromatic carbocycles. The van der Waals surface area contributed by atoms with Gasteiger partial charge >= 0.3 is 6.03 Å². The van der Waals surface area contributed by atoms with Crippen LogP contribution in [0.5, 0.6) is 5.75 Å². The Morgan fingerprint density at radius 2 is 1.74 bits per heavy atom. The van der Waals surface area contributed by atoms with E-state index in [0.29, 0.717) is 11.8 Å². The van der Waals surface area contributed by atoms with E-state index in [4.69, 9.17) is 4.74 Å². The quantitative estimate of drug-likeness (QED) is 0.912. The van der Waals surface area contributed by atoms with Crippen molar-refractivity contribution in [2.24, 2.45) is 0 Å². The van der Waals surface area contributed by atoms with E-state index in [1.54, 1.807) is 0 Å². The second-order valence-electron chi connectivity index (χ2n) is 4.78. The first-order valence-corrected chi connectivity index (χ1v) is 6.81. The van der Waals surface area contributed by atoms with E-state index in [2.05, 4.69) is 5.32 Å². The largest absolute Gasteiger partial charge is 0.492 e. The molecule has 2 aromatic rings. The first-order valence-electron chi connectivity index (χ1n) is 6.81. The van der Waals surface area contributed by atoms with E-state index >= 15 is 0 Å². The van der Waals surface area contributed by atoms with Gasteiger partial charge in [0.2, 0.25) is 0 Å². The summed E-state index contributed by atoms with van der Waals surface area (Å²) in [5.41, 5.74) is -0.109. The molecule has 0 bridgehead atoms. The standard InChI is InChI=1S/C16H15F3N2O2/c1-21(8-9-23-13-5-2-11(17)3-6-13)16(22)20-15-7-4-12(18)10-14(15)19/h2-7,10H,8-9H2,1H3,(H,20,22). The van der Waals surface area contributed by atoms with Crippen LogP contribution in [-0.2, 0) is 0 Å². The Morgan fingerprint density at radius 1 is 1.09 bits per heavy atom. The van der Waals surface area contributed by atoms with Crippen molar-refractivity contribution < 1.29 is 22.7 Å². The lowest BCUT2D eigenvalue weighted by Gasteiger charge is -2.18. The van der Waals surface area contributed by atoms with Crippen molar-refractivity contribution in [3.05, 3.63) is 59.9 Å². The fourth-order valence-electron chi connectivity index (χ4n) is 1.73. The molecule has 7 heteroatoms. The second-order valence-corrected chi connectivity index (χ2v) is 4.78. The zero-order chi connectivity index (χ0) is 16.8. The van der Waals surface area contributed by atoms with Crippen molar-refractivity contribution in [1.29, 1.82) is 0 Å². The molecule has 0 radical (unpaired) electrons. The molecule has 23 heavy (non-hydrogen) atoms. The number of carbonyl (C=O) groups excluding carboxylic acids is 1. The molecule has 0 fully saturated rings. The lowest BCUT2D eigenvalue weighted by atomic mass is 10.3. The summed E-state index contributed by atoms with van der Waals surface area (Å²) in [6, 6.07) is 7.81. The molecule has 2 rings (SSSR count). The van der Waals surface area contributed by atoms with Crippen molar-refractivity contribution in [3.8, 4) is 5.75 Å². The SMILES string of the molecule is CN(CCOc1ccc(F)cc1)C(=O)Nc1ccc(F)cc1F. The number of rotatable bonds is 5. The molecule has 0 aliphatic heterocycles. The van der Waals surface area contributed by atoms with Crippen LogP contribution in [0.3, 0.4) is 0 Å². The maximum absolute atomic E-state index is 13.5. The Bertz CT molecular complexity index is 678. The van der Waals surface area contributed by atoms with Crippen LogP contribution in [0.2, 0.25) is 0 Å². The Kier molecular flexibility index (Phi) is 5.46. The zero-order valence-corrected chi connectivity index (χ0v) is 12.4. The van der Waals surface area contributed by atoms with Crippen LogP contribution in [0.4, 0.5) is 23.7 Å². The van der Waals surface area contributed by atoms with Crippen molar-refractivity contribution in [3.63, 3.8) is 0 Å². The first kappa shape index (κ1) is 16.7. The highest BCUT2D eigenvalue weighted by Gasteiger charge is 2.12. The maximum atomic E-state index is 13.5. The van der Waals surface area contributed by atoms with Crippen LogP contribution in [0.25, 0.3) is 0 Å². The summed E-state index contributed by atoms with van der Waals surface area (Å²) in [7, 11) is 1.50. The number of benzene rings is 2. The Labute approximate surface area is 131 Å². The van der Waals surface area contributed by atoms with E-state index in [-0.39, 0.29) is 24.7 Å². The van der Waals surface area contributed by atoms with Crippen molar-refractivity contribution >= 4 is 11.7 Å². The summed E-state index contributed by atoms with van der Waals surface area (Å²) in [5, 5.41) is 2.33. The smallest absolute Gasteiger partial charge is 0.321 e. The number of urea groups is 1. The van der Waals surface area contributed by atoms with Gasteiger partial charge in [0.05, 0.1) is 12.2 Å². The van der Waals surface area contributed by atoms with Gasteiger partial charge < -0.3 is 15.0 Å². The molecule has 0 aromatic heterocycles. The van der Waals surface area contributed by atoms with Crippen LogP contribution in [0.15, 0.2) is 42.5 Å². The number of halogens is 3. The Morgan fingerprint density at radius 3 is 2.39 bits per heavy atom. The van der Waals surface area contributed by atoms with Gasteiger partial charge in [-0.2, -0.15) is 0 Å². The van der Waals surface area contributed by atoms with E-state index in [1.165, 1.54) is 36.2 Å². The van der Waals surface area contributed by atoms with Crippen LogP contribution in [-0.4, -0.2) is 31.1 Å². The van der Waals surface area contributed by atoms with E-state index in [1.807, 2.05) is 0 Å². The van der Waals surface area contributed by atoms with Gasteiger partial charge in [0.25, 0.3) is 0 Å². The van der Waals surface area contributed by atoms with E-state index in [0.717, 1.165) is 12.1 Å². The molecule has 0 aliphatic rings. The summed E-state index contributed by atoms with van der Waals surface area (Å²) >= 11 is 0. The van der Waals surface area contributed by atoms with Gasteiger partial charge in [-0.05, 0) is 36.4 Å². The highest BCUT2D eigenvalue weighted by atomic mass is 19.1. The summed E-state index contributed by atoms with van der Waals surface area (Å²) in [5.74, 6) is -1.46. The number of amides is 2. The molecular weight excluding hydrogens is 309 g/mol. The van der Waals surface area contributed by atoms with Crippen molar-refractivity contribution in [2.75, 3.05) is 25.5 Å². The summed E-state index contributed by atoms with van der Waals surface area (Å²) < 4.78 is 44.3. The number of carbonyl (C=O) groups is 1. The van der Waals surface area contributed by atoms with Gasteiger partial charge in [-0.3, -0.25) is 0 Å². The Hall–Kier alpha value is -2.70.